The maximum Gasteiger partial charge on any atom is 0.0414 e. The van der Waals surface area contributed by atoms with Gasteiger partial charge in [0, 0.05) is 5.97 Å². The van der Waals surface area contributed by atoms with E-state index in [2.05, 4.69) is 43.4 Å². The molecule has 0 spiro atoms. The van der Waals surface area contributed by atoms with E-state index in [-0.39, 0.29) is 6.42 Å². The van der Waals surface area contributed by atoms with Gasteiger partial charge < -0.3 is 9.90 Å². The SMILES string of the molecule is CCCCC/C=C/C/C=C/C/C=C/CCCCC(=O)[O-]. The van der Waals surface area contributed by atoms with Gasteiger partial charge >= 0.3 is 0 Å². The molecule has 0 saturated carbocycles. The van der Waals surface area contributed by atoms with Crippen molar-refractivity contribution in [2.75, 3.05) is 0 Å². The lowest BCUT2D eigenvalue weighted by molar-refractivity contribution is -0.305. The van der Waals surface area contributed by atoms with Gasteiger partial charge in [-0.15, -0.1) is 0 Å². The number of unbranched alkanes of at least 4 members (excludes halogenated alkanes) is 5. The van der Waals surface area contributed by atoms with E-state index in [1.54, 1.807) is 0 Å². The Morgan fingerprint density at radius 2 is 1.30 bits per heavy atom. The summed E-state index contributed by atoms with van der Waals surface area (Å²) in [6.07, 6.45) is 23.0. The largest absolute Gasteiger partial charge is 0.550 e. The van der Waals surface area contributed by atoms with Gasteiger partial charge in [0.25, 0.3) is 0 Å². The number of hydrogen-bond acceptors (Lipinski definition) is 2. The summed E-state index contributed by atoms with van der Waals surface area (Å²) in [5, 5.41) is 10.2. The third kappa shape index (κ3) is 16.7. The highest BCUT2D eigenvalue weighted by Crippen LogP contribution is 2.02. The predicted molar refractivity (Wildman–Crippen MR) is 84.3 cm³/mol. The molecule has 0 aliphatic rings. The van der Waals surface area contributed by atoms with Gasteiger partial charge in [-0.05, 0) is 51.4 Å². The molecule has 0 heterocycles. The minimum atomic E-state index is -0.945. The predicted octanol–water partition coefficient (Wildman–Crippen LogP) is 4.33. The summed E-state index contributed by atoms with van der Waals surface area (Å²) >= 11 is 0. The molecule has 114 valence electrons. The minimum Gasteiger partial charge on any atom is -0.550 e. The van der Waals surface area contributed by atoms with Crippen LogP contribution in [0.5, 0.6) is 0 Å². The standard InChI is InChI=1S/C18H30O2/c1-2-3-4-5-6-7-8-9-10-11-12-13-14-15-16-17-18(19)20/h6-7,9-10,12-13H,2-5,8,11,14-17H2,1H3,(H,19,20)/p-1/b7-6+,10-9+,13-12+. The molecule has 20 heavy (non-hydrogen) atoms. The van der Waals surface area contributed by atoms with Crippen LogP contribution in [-0.2, 0) is 4.79 Å². The van der Waals surface area contributed by atoms with Crippen molar-refractivity contribution >= 4 is 5.97 Å². The van der Waals surface area contributed by atoms with E-state index in [1.807, 2.05) is 0 Å². The Balaban J connectivity index is 3.32. The lowest BCUT2D eigenvalue weighted by Gasteiger charge is -1.98. The van der Waals surface area contributed by atoms with Gasteiger partial charge in [-0.2, -0.15) is 0 Å². The molecule has 0 rings (SSSR count). The fraction of sp³-hybridized carbons (Fsp3) is 0.611. The van der Waals surface area contributed by atoms with E-state index < -0.39 is 5.97 Å². The smallest absolute Gasteiger partial charge is 0.0414 e. The highest BCUT2D eigenvalue weighted by atomic mass is 16.4. The Kier molecular flexibility index (Phi) is 14.7. The zero-order valence-corrected chi connectivity index (χ0v) is 12.9. The van der Waals surface area contributed by atoms with Crippen LogP contribution < -0.4 is 5.11 Å². The first-order valence-electron chi connectivity index (χ1n) is 7.92. The van der Waals surface area contributed by atoms with E-state index in [9.17, 15) is 9.90 Å². The lowest BCUT2D eigenvalue weighted by atomic mass is 10.2. The van der Waals surface area contributed by atoms with Crippen LogP contribution in [0.2, 0.25) is 0 Å². The van der Waals surface area contributed by atoms with Gasteiger partial charge in [-0.3, -0.25) is 0 Å². The van der Waals surface area contributed by atoms with Crippen molar-refractivity contribution in [3.05, 3.63) is 36.5 Å². The minimum absolute atomic E-state index is 0.179. The van der Waals surface area contributed by atoms with E-state index in [1.165, 1.54) is 25.7 Å². The summed E-state index contributed by atoms with van der Waals surface area (Å²) in [5.41, 5.74) is 0. The molecule has 2 nitrogen and oxygen atoms in total. The normalized spacial score (nSPS) is 12.1. The van der Waals surface area contributed by atoms with Gasteiger partial charge in [-0.1, -0.05) is 56.2 Å². The zero-order chi connectivity index (χ0) is 14.9. The second-order valence-electron chi connectivity index (χ2n) is 5.00. The number of allylic oxidation sites excluding steroid dienone is 6. The number of aliphatic carboxylic acids is 1. The van der Waals surface area contributed by atoms with Crippen molar-refractivity contribution in [3.8, 4) is 0 Å². The number of carbonyl (C=O) groups is 1. The molecule has 0 unspecified atom stereocenters. The molecule has 0 amide bonds. The topological polar surface area (TPSA) is 40.1 Å². The average Bonchev–Trinajstić information content (AvgIpc) is 2.43. The van der Waals surface area contributed by atoms with Crippen molar-refractivity contribution in [1.29, 1.82) is 0 Å². The Bertz CT molecular complexity index is 301. The highest BCUT2D eigenvalue weighted by Gasteiger charge is 1.86. The van der Waals surface area contributed by atoms with Gasteiger partial charge in [0.05, 0.1) is 0 Å². The molecule has 0 fully saturated rings. The first-order chi connectivity index (χ1) is 9.77. The van der Waals surface area contributed by atoms with Gasteiger partial charge in [0.2, 0.25) is 0 Å². The van der Waals surface area contributed by atoms with Crippen LogP contribution in [0.25, 0.3) is 0 Å². The Hall–Kier alpha value is -1.31. The van der Waals surface area contributed by atoms with Crippen LogP contribution in [0, 0.1) is 0 Å². The number of hydrogen-bond donors (Lipinski definition) is 0. The summed E-state index contributed by atoms with van der Waals surface area (Å²) in [7, 11) is 0. The zero-order valence-electron chi connectivity index (χ0n) is 12.9. The molecule has 0 aliphatic carbocycles. The molecule has 2 heteroatoms. The fourth-order valence-electron chi connectivity index (χ4n) is 1.82. The molecule has 0 aromatic rings. The Labute approximate surface area is 124 Å². The molecule has 0 aliphatic heterocycles. The Morgan fingerprint density at radius 3 is 1.80 bits per heavy atom. The quantitative estimate of drug-likeness (QED) is 0.371. The molecule has 0 radical (unpaired) electrons. The molecule has 0 bridgehead atoms. The van der Waals surface area contributed by atoms with E-state index in [0.29, 0.717) is 6.42 Å². The van der Waals surface area contributed by atoms with Crippen LogP contribution in [0.3, 0.4) is 0 Å². The summed E-state index contributed by atoms with van der Waals surface area (Å²) in [6.45, 7) is 2.23. The monoisotopic (exact) mass is 277 g/mol. The lowest BCUT2D eigenvalue weighted by Crippen LogP contribution is -2.21. The van der Waals surface area contributed by atoms with Crippen molar-refractivity contribution in [3.63, 3.8) is 0 Å². The number of rotatable bonds is 13. The van der Waals surface area contributed by atoms with Crippen LogP contribution in [0.1, 0.15) is 71.1 Å². The van der Waals surface area contributed by atoms with Gasteiger partial charge in [-0.25, -0.2) is 0 Å². The fourth-order valence-corrected chi connectivity index (χ4v) is 1.82. The Morgan fingerprint density at radius 1 is 0.800 bits per heavy atom. The molecule has 0 aromatic heterocycles. The summed E-state index contributed by atoms with van der Waals surface area (Å²) in [4.78, 5) is 10.2. The van der Waals surface area contributed by atoms with Crippen LogP contribution >= 0.6 is 0 Å². The number of carbonyl (C=O) groups excluding carboxylic acids is 1. The maximum absolute atomic E-state index is 10.2. The average molecular weight is 277 g/mol. The maximum atomic E-state index is 10.2. The van der Waals surface area contributed by atoms with Crippen molar-refractivity contribution < 1.29 is 9.90 Å². The third-order valence-electron chi connectivity index (χ3n) is 3.02. The van der Waals surface area contributed by atoms with Crippen LogP contribution in [-0.4, -0.2) is 5.97 Å². The second-order valence-corrected chi connectivity index (χ2v) is 5.00. The molecule has 0 N–H and O–H groups in total. The van der Waals surface area contributed by atoms with Crippen molar-refractivity contribution in [2.24, 2.45) is 0 Å². The molecule has 0 aromatic carbocycles. The van der Waals surface area contributed by atoms with Crippen LogP contribution in [0.15, 0.2) is 36.5 Å². The molecular weight excluding hydrogens is 248 g/mol. The van der Waals surface area contributed by atoms with E-state index in [4.69, 9.17) is 0 Å². The molecular formula is C18H29O2-. The highest BCUT2D eigenvalue weighted by molar-refractivity contribution is 5.64. The van der Waals surface area contributed by atoms with Gasteiger partial charge in [0.1, 0.15) is 0 Å². The first-order valence-corrected chi connectivity index (χ1v) is 7.92. The van der Waals surface area contributed by atoms with Crippen molar-refractivity contribution in [1.82, 2.24) is 0 Å². The summed E-state index contributed by atoms with van der Waals surface area (Å²) in [6, 6.07) is 0. The molecule has 0 atom stereocenters. The van der Waals surface area contributed by atoms with Crippen molar-refractivity contribution in [2.45, 2.75) is 71.1 Å². The van der Waals surface area contributed by atoms with Gasteiger partial charge in [0.15, 0.2) is 0 Å². The summed E-state index contributed by atoms with van der Waals surface area (Å²) in [5.74, 6) is -0.945. The second kappa shape index (κ2) is 15.7. The van der Waals surface area contributed by atoms with Crippen LogP contribution in [0.4, 0.5) is 0 Å². The number of carboxylic acid groups (broad SMARTS) is 1. The van der Waals surface area contributed by atoms with E-state index >= 15 is 0 Å². The molecule has 0 saturated heterocycles. The van der Waals surface area contributed by atoms with E-state index in [0.717, 1.165) is 25.7 Å². The number of carboxylic acids is 1. The third-order valence-corrected chi connectivity index (χ3v) is 3.02. The summed E-state index contributed by atoms with van der Waals surface area (Å²) < 4.78 is 0. The first kappa shape index (κ1) is 18.7.